The molecule has 1 unspecified atom stereocenters. The molecule has 1 aliphatic heterocycles. The fraction of sp³-hybridized carbons (Fsp3) is 0.691. The van der Waals surface area contributed by atoms with Gasteiger partial charge in [0, 0.05) is 36.8 Å². The Kier molecular flexibility index (Phi) is 33.8. The van der Waals surface area contributed by atoms with Crippen molar-refractivity contribution in [2.45, 2.75) is 91.5 Å². The number of amides is 6. The zero-order chi connectivity index (χ0) is 58.3. The average Bonchev–Trinajstić information content (AvgIpc) is 4.07. The van der Waals surface area contributed by atoms with E-state index in [9.17, 15) is 33.6 Å². The van der Waals surface area contributed by atoms with Gasteiger partial charge in [-0.15, -0.1) is 5.10 Å². The van der Waals surface area contributed by atoms with E-state index in [2.05, 4.69) is 31.6 Å². The van der Waals surface area contributed by atoms with Crippen LogP contribution in [0.4, 0.5) is 5.69 Å². The molecule has 0 bridgehead atoms. The molecule has 1 saturated carbocycles. The number of nitrogens with zero attached hydrogens (tertiary/aromatic N) is 4. The summed E-state index contributed by atoms with van der Waals surface area (Å²) in [6, 6.07) is 6.01. The lowest BCUT2D eigenvalue weighted by molar-refractivity contribution is -0.154. The van der Waals surface area contributed by atoms with E-state index in [1.807, 2.05) is 0 Å². The summed E-state index contributed by atoms with van der Waals surface area (Å²) in [4.78, 5) is 87.7. The number of carbonyl (C=O) groups excluding carboxylic acids is 7. The molecule has 1 aliphatic carbocycles. The summed E-state index contributed by atoms with van der Waals surface area (Å²) in [6.07, 6.45) is 9.04. The van der Waals surface area contributed by atoms with E-state index in [0.717, 1.165) is 18.4 Å². The smallest absolute Gasteiger partial charge is 0.311 e. The van der Waals surface area contributed by atoms with Crippen molar-refractivity contribution in [2.75, 3.05) is 144 Å². The lowest BCUT2D eigenvalue weighted by atomic mass is 9.81. The van der Waals surface area contributed by atoms with Crippen molar-refractivity contribution < 1.29 is 80.9 Å². The zero-order valence-corrected chi connectivity index (χ0v) is 47.5. The highest BCUT2D eigenvalue weighted by molar-refractivity contribution is 6.12. The van der Waals surface area contributed by atoms with Gasteiger partial charge in [0.05, 0.1) is 130 Å². The molecule has 4 rings (SSSR count). The van der Waals surface area contributed by atoms with Gasteiger partial charge in [0.1, 0.15) is 31.6 Å². The van der Waals surface area contributed by atoms with Crippen LogP contribution in [0.15, 0.2) is 42.6 Å². The minimum atomic E-state index is -0.849. The summed E-state index contributed by atoms with van der Waals surface area (Å²) >= 11 is 0. The summed E-state index contributed by atoms with van der Waals surface area (Å²) in [6.45, 7) is 13.0. The third kappa shape index (κ3) is 30.2. The molecular formula is C55H87N9O17. The first kappa shape index (κ1) is 67.7. The molecule has 26 nitrogen and oxygen atoms in total. The number of nitrogens with two attached hydrogens (primary N) is 1. The van der Waals surface area contributed by atoms with Gasteiger partial charge in [-0.3, -0.25) is 38.5 Å². The van der Waals surface area contributed by atoms with Crippen molar-refractivity contribution >= 4 is 47.1 Å². The highest BCUT2D eigenvalue weighted by Gasteiger charge is 2.31. The first-order valence-corrected chi connectivity index (χ1v) is 27.9. The number of anilines is 1. The lowest BCUT2D eigenvalue weighted by Gasteiger charge is -2.29. The Hall–Kier alpha value is -5.81. The first-order valence-electron chi connectivity index (χ1n) is 27.9. The molecule has 26 heteroatoms. The third-order valence-electron chi connectivity index (χ3n) is 12.5. The Labute approximate surface area is 474 Å². The minimum absolute atomic E-state index is 0.0213. The highest BCUT2D eigenvalue weighted by Crippen LogP contribution is 2.30. The van der Waals surface area contributed by atoms with Crippen LogP contribution in [0.25, 0.3) is 0 Å². The Balaban J connectivity index is 0.839. The molecule has 6 N–H and O–H groups in total. The number of hydrogen-bond acceptors (Lipinski definition) is 20. The molecule has 454 valence electrons. The quantitative estimate of drug-likeness (QED) is 0.0354. The normalized spacial score (nSPS) is 15.7. The second-order valence-electron chi connectivity index (χ2n) is 20.2. The second-order valence-corrected chi connectivity index (χ2v) is 20.2. The van der Waals surface area contributed by atoms with E-state index >= 15 is 0 Å². The molecule has 2 aliphatic rings. The van der Waals surface area contributed by atoms with E-state index in [1.165, 1.54) is 17.1 Å². The topological polar surface area (TPSA) is 320 Å². The van der Waals surface area contributed by atoms with E-state index < -0.39 is 35.8 Å². The zero-order valence-electron chi connectivity index (χ0n) is 47.5. The van der Waals surface area contributed by atoms with E-state index in [0.29, 0.717) is 162 Å². The van der Waals surface area contributed by atoms with Crippen molar-refractivity contribution in [3.05, 3.63) is 53.9 Å². The van der Waals surface area contributed by atoms with E-state index in [1.54, 1.807) is 55.9 Å². The van der Waals surface area contributed by atoms with Crippen LogP contribution in [-0.2, 0) is 101 Å². The molecule has 81 heavy (non-hydrogen) atoms. The number of aromatic nitrogens is 3. The summed E-state index contributed by atoms with van der Waals surface area (Å²) in [5.74, 6) is -2.14. The van der Waals surface area contributed by atoms with E-state index in [4.69, 9.17) is 53.1 Å². The van der Waals surface area contributed by atoms with Gasteiger partial charge in [0.15, 0.2) is 0 Å². The van der Waals surface area contributed by atoms with Crippen LogP contribution in [0.1, 0.15) is 77.0 Å². The largest absolute Gasteiger partial charge is 0.460 e. The van der Waals surface area contributed by atoms with Crippen molar-refractivity contribution in [2.24, 2.45) is 23.0 Å². The van der Waals surface area contributed by atoms with Crippen molar-refractivity contribution in [3.63, 3.8) is 0 Å². The van der Waals surface area contributed by atoms with Crippen LogP contribution in [0.2, 0.25) is 0 Å². The molecule has 1 atom stereocenters. The molecule has 6 amide bonds. The fourth-order valence-electron chi connectivity index (χ4n) is 7.95. The van der Waals surface area contributed by atoms with Gasteiger partial charge in [0.2, 0.25) is 23.6 Å². The maximum Gasteiger partial charge on any atom is 0.311 e. The minimum Gasteiger partial charge on any atom is -0.460 e. The standard InChI is InChI=1S/C55H87N9O17/c1-55(2,3)54(71)81-39-43-9-13-45(14-10-43)59-53(70)47(6-4-5-17-56)60-49(66)41-80-40-48(65)57-18-20-72-22-24-74-26-28-76-30-32-78-34-35-79-33-31-77-29-27-75-25-23-73-21-19-63-38-46(61-62-63)36-58-52(69)44-11-7-42(8-12-44)37-64-50(67)15-16-51(64)68/h9-10,13-16,38,42,44,47H,4-8,11-12,17-37,39-41,56H2,1-3H3,(H,57,65)(H,58,69)(H,59,70)(H,60,66). The maximum atomic E-state index is 13.1. The van der Waals surface area contributed by atoms with Gasteiger partial charge in [-0.1, -0.05) is 17.3 Å². The van der Waals surface area contributed by atoms with E-state index in [-0.39, 0.29) is 68.4 Å². The molecule has 2 heterocycles. The number of hydrogen-bond donors (Lipinski definition) is 5. The lowest BCUT2D eigenvalue weighted by Crippen LogP contribution is -2.45. The number of ether oxygens (including phenoxy) is 10. The summed E-state index contributed by atoms with van der Waals surface area (Å²) in [7, 11) is 0. The van der Waals surface area contributed by atoms with Crippen LogP contribution in [0.3, 0.4) is 0 Å². The predicted molar refractivity (Wildman–Crippen MR) is 293 cm³/mol. The number of benzene rings is 1. The molecule has 1 aromatic carbocycles. The van der Waals surface area contributed by atoms with Gasteiger partial charge in [-0.2, -0.15) is 0 Å². The van der Waals surface area contributed by atoms with Gasteiger partial charge < -0.3 is 74.4 Å². The van der Waals surface area contributed by atoms with Crippen LogP contribution >= 0.6 is 0 Å². The molecule has 1 fully saturated rings. The number of carbonyl (C=O) groups is 7. The van der Waals surface area contributed by atoms with Crippen molar-refractivity contribution in [3.8, 4) is 0 Å². The molecule has 1 aromatic heterocycles. The molecule has 0 radical (unpaired) electrons. The van der Waals surface area contributed by atoms with Crippen molar-refractivity contribution in [1.29, 1.82) is 0 Å². The maximum absolute atomic E-state index is 13.1. The molecule has 2 aromatic rings. The molecular weight excluding hydrogens is 1060 g/mol. The number of nitrogens with one attached hydrogen (secondary N) is 4. The average molecular weight is 1150 g/mol. The summed E-state index contributed by atoms with van der Waals surface area (Å²) < 4.78 is 56.5. The molecule has 0 saturated heterocycles. The fourth-order valence-corrected chi connectivity index (χ4v) is 7.95. The first-order chi connectivity index (χ1) is 39.2. The third-order valence-corrected chi connectivity index (χ3v) is 12.5. The Morgan fingerprint density at radius 1 is 0.667 bits per heavy atom. The highest BCUT2D eigenvalue weighted by atomic mass is 16.6. The van der Waals surface area contributed by atoms with Gasteiger partial charge in [0.25, 0.3) is 11.8 Å². The number of esters is 1. The number of imide groups is 1. The predicted octanol–water partition coefficient (Wildman–Crippen LogP) is 1.23. The Bertz CT molecular complexity index is 2170. The van der Waals surface area contributed by atoms with Crippen LogP contribution in [0, 0.1) is 17.3 Å². The molecule has 0 spiro atoms. The van der Waals surface area contributed by atoms with Gasteiger partial charge in [-0.25, -0.2) is 4.68 Å². The monoisotopic (exact) mass is 1150 g/mol. The Morgan fingerprint density at radius 2 is 1.20 bits per heavy atom. The summed E-state index contributed by atoms with van der Waals surface area (Å²) in [5, 5.41) is 19.3. The van der Waals surface area contributed by atoms with Crippen LogP contribution in [0.5, 0.6) is 0 Å². The Morgan fingerprint density at radius 3 is 1.74 bits per heavy atom. The second kappa shape index (κ2) is 40.4. The number of unbranched alkanes of at least 4 members (excludes halogenated alkanes) is 1. The summed E-state index contributed by atoms with van der Waals surface area (Å²) in [5.41, 5.74) is 6.94. The van der Waals surface area contributed by atoms with Crippen LogP contribution < -0.4 is 27.0 Å². The van der Waals surface area contributed by atoms with Gasteiger partial charge >= 0.3 is 5.97 Å². The SMILES string of the molecule is CC(C)(C)C(=O)OCc1ccc(NC(=O)C(CCCCN)NC(=O)COCC(=O)NCCOCCOCCOCCOCCOCCOCCOCCOCCn2cc(CNC(=O)C3CCC(CN4C(=O)C=CC4=O)CC3)nn2)cc1. The van der Waals surface area contributed by atoms with Crippen molar-refractivity contribution in [1.82, 2.24) is 35.8 Å². The van der Waals surface area contributed by atoms with Gasteiger partial charge in [-0.05, 0) is 95.9 Å². The number of rotatable bonds is 45. The van der Waals surface area contributed by atoms with Crippen LogP contribution in [-0.4, -0.2) is 206 Å².